The van der Waals surface area contributed by atoms with Gasteiger partial charge in [-0.05, 0) is 18.6 Å². The maximum atomic E-state index is 9.56. The van der Waals surface area contributed by atoms with E-state index in [1.807, 2.05) is 13.0 Å². The largest absolute Gasteiger partial charge is 0.507 e. The Labute approximate surface area is 74.3 Å². The van der Waals surface area contributed by atoms with Crippen LogP contribution < -0.4 is 0 Å². The molecule has 0 bridgehead atoms. The van der Waals surface area contributed by atoms with Crippen LogP contribution in [0.2, 0.25) is 0 Å². The van der Waals surface area contributed by atoms with Gasteiger partial charge in [0.05, 0.1) is 17.1 Å². The molecule has 0 amide bonds. The minimum absolute atomic E-state index is 0.249. The predicted molar refractivity (Wildman–Crippen MR) is 47.4 cm³/mol. The molecule has 0 aliphatic heterocycles. The molecule has 1 N–H and O–H groups in total. The number of aromatic hydroxyl groups is 1. The molecule has 2 rings (SSSR count). The lowest BCUT2D eigenvalue weighted by Gasteiger charge is -1.98. The quantitative estimate of drug-likeness (QED) is 0.677. The normalized spacial score (nSPS) is 10.8. The van der Waals surface area contributed by atoms with Gasteiger partial charge in [0, 0.05) is 11.8 Å². The fourth-order valence-corrected chi connectivity index (χ4v) is 1.36. The molecule has 4 heteroatoms. The Morgan fingerprint density at radius 3 is 3.00 bits per heavy atom. The number of fused-ring (bicyclic) bond motifs is 1. The molecule has 0 atom stereocenters. The van der Waals surface area contributed by atoms with Crippen LogP contribution in [0.5, 0.6) is 5.75 Å². The summed E-state index contributed by atoms with van der Waals surface area (Å²) in [6.07, 6.45) is 1.55. The third kappa shape index (κ3) is 0.865. The first-order chi connectivity index (χ1) is 5.70. The lowest BCUT2D eigenvalue weighted by atomic mass is 10.1. The summed E-state index contributed by atoms with van der Waals surface area (Å²) in [6, 6.07) is 3.63. The van der Waals surface area contributed by atoms with Crippen molar-refractivity contribution in [3.63, 3.8) is 0 Å². The van der Waals surface area contributed by atoms with Gasteiger partial charge in [0.2, 0.25) is 0 Å². The summed E-state index contributed by atoms with van der Waals surface area (Å²) in [5.74, 6) is 0.249. The van der Waals surface area contributed by atoms with Crippen molar-refractivity contribution in [1.29, 1.82) is 0 Å². The average Bonchev–Trinajstić information content (AvgIpc) is 2.41. The number of benzene rings is 1. The molecular weight excluding hydrogens is 176 g/mol. The van der Waals surface area contributed by atoms with Crippen molar-refractivity contribution in [2.75, 3.05) is 0 Å². The molecule has 1 aromatic carbocycles. The Kier molecular flexibility index (Phi) is 1.48. The van der Waals surface area contributed by atoms with Gasteiger partial charge in [-0.25, -0.2) is 0 Å². The monoisotopic (exact) mass is 182 g/mol. The Hall–Kier alpha value is -1.22. The maximum Gasteiger partial charge on any atom is 0.129 e. The van der Waals surface area contributed by atoms with Gasteiger partial charge in [0.1, 0.15) is 5.75 Å². The van der Waals surface area contributed by atoms with Crippen molar-refractivity contribution >= 4 is 22.7 Å². The summed E-state index contributed by atoms with van der Waals surface area (Å²) in [4.78, 5) is 0. The Bertz CT molecular complexity index is 436. The lowest BCUT2D eigenvalue weighted by molar-refractivity contribution is 0.477. The second kappa shape index (κ2) is 2.38. The van der Waals surface area contributed by atoms with Gasteiger partial charge in [-0.15, -0.1) is 0 Å². The number of phenols is 1. The molecule has 0 radical (unpaired) electrons. The average molecular weight is 183 g/mol. The number of halogens is 1. The van der Waals surface area contributed by atoms with Gasteiger partial charge >= 0.3 is 0 Å². The van der Waals surface area contributed by atoms with E-state index in [0.717, 1.165) is 11.1 Å². The summed E-state index contributed by atoms with van der Waals surface area (Å²) in [5, 5.41) is 14.1. The summed E-state index contributed by atoms with van der Waals surface area (Å²) < 4.78 is 1.22. The second-order valence-corrected chi connectivity index (χ2v) is 2.99. The zero-order valence-corrected chi connectivity index (χ0v) is 7.21. The fourth-order valence-electron chi connectivity index (χ4n) is 1.17. The lowest BCUT2D eigenvalue weighted by Crippen LogP contribution is -1.81. The number of aryl methyl sites for hydroxylation is 1. The first kappa shape index (κ1) is 7.43. The number of phenolic OH excluding ortho intramolecular Hbond substituents is 1. The van der Waals surface area contributed by atoms with Gasteiger partial charge in [0.25, 0.3) is 0 Å². The number of rotatable bonds is 0. The van der Waals surface area contributed by atoms with E-state index in [0.29, 0.717) is 5.39 Å². The summed E-state index contributed by atoms with van der Waals surface area (Å²) in [7, 11) is 0. The summed E-state index contributed by atoms with van der Waals surface area (Å²) in [6.45, 7) is 1.83. The zero-order valence-electron chi connectivity index (χ0n) is 6.45. The van der Waals surface area contributed by atoms with E-state index in [9.17, 15) is 5.11 Å². The van der Waals surface area contributed by atoms with Crippen LogP contribution in [0.4, 0.5) is 0 Å². The molecule has 3 nitrogen and oxygen atoms in total. The van der Waals surface area contributed by atoms with Gasteiger partial charge in [-0.1, -0.05) is 6.07 Å². The van der Waals surface area contributed by atoms with Crippen molar-refractivity contribution in [3.8, 4) is 5.75 Å². The van der Waals surface area contributed by atoms with Gasteiger partial charge in [0.15, 0.2) is 0 Å². The van der Waals surface area contributed by atoms with Gasteiger partial charge in [-0.3, -0.25) is 0 Å². The molecule has 1 heterocycles. The van der Waals surface area contributed by atoms with Crippen molar-refractivity contribution in [3.05, 3.63) is 23.9 Å². The third-order valence-corrected chi connectivity index (χ3v) is 2.15. The Morgan fingerprint density at radius 1 is 1.50 bits per heavy atom. The van der Waals surface area contributed by atoms with Crippen LogP contribution in [-0.2, 0) is 0 Å². The molecule has 1 aromatic heterocycles. The van der Waals surface area contributed by atoms with Crippen LogP contribution in [0.25, 0.3) is 10.9 Å². The fraction of sp³-hybridized carbons (Fsp3) is 0.125. The smallest absolute Gasteiger partial charge is 0.129 e. The van der Waals surface area contributed by atoms with Crippen LogP contribution >= 0.6 is 11.8 Å². The number of aromatic nitrogens is 2. The van der Waals surface area contributed by atoms with Crippen LogP contribution in [0.15, 0.2) is 18.3 Å². The van der Waals surface area contributed by atoms with E-state index in [2.05, 4.69) is 5.10 Å². The first-order valence-corrected chi connectivity index (χ1v) is 3.86. The van der Waals surface area contributed by atoms with Gasteiger partial charge in [-0.2, -0.15) is 9.30 Å². The van der Waals surface area contributed by atoms with E-state index in [-0.39, 0.29) is 5.75 Å². The standard InChI is InChI=1S/C8H7ClN2O/c1-5-2-3-7-6(8(5)12)4-10-11(7)9/h2-4,12H,1H3. The molecule has 0 fully saturated rings. The first-order valence-electron chi connectivity index (χ1n) is 3.52. The topological polar surface area (TPSA) is 38.0 Å². The summed E-state index contributed by atoms with van der Waals surface area (Å²) >= 11 is 5.69. The van der Waals surface area contributed by atoms with Crippen molar-refractivity contribution in [1.82, 2.24) is 9.30 Å². The maximum absolute atomic E-state index is 9.56. The second-order valence-electron chi connectivity index (χ2n) is 2.67. The van der Waals surface area contributed by atoms with Gasteiger partial charge < -0.3 is 5.11 Å². The van der Waals surface area contributed by atoms with E-state index < -0.39 is 0 Å². The highest BCUT2D eigenvalue weighted by atomic mass is 35.5. The van der Waals surface area contributed by atoms with E-state index in [1.54, 1.807) is 12.3 Å². The van der Waals surface area contributed by atoms with E-state index >= 15 is 0 Å². The molecular formula is C8H7ClN2O. The minimum atomic E-state index is 0.249. The van der Waals surface area contributed by atoms with E-state index in [1.165, 1.54) is 4.20 Å². The molecule has 0 aliphatic carbocycles. The molecule has 62 valence electrons. The van der Waals surface area contributed by atoms with Crippen LogP contribution in [0.3, 0.4) is 0 Å². The van der Waals surface area contributed by atoms with Crippen molar-refractivity contribution in [2.24, 2.45) is 0 Å². The molecule has 0 aliphatic rings. The molecule has 0 spiro atoms. The number of hydrogen-bond acceptors (Lipinski definition) is 2. The molecule has 0 saturated heterocycles. The molecule has 12 heavy (non-hydrogen) atoms. The SMILES string of the molecule is Cc1ccc2c(cnn2Cl)c1O. The third-order valence-electron chi connectivity index (χ3n) is 1.88. The molecule has 2 aromatic rings. The Balaban J connectivity index is 2.93. The Morgan fingerprint density at radius 2 is 2.25 bits per heavy atom. The minimum Gasteiger partial charge on any atom is -0.507 e. The highest BCUT2D eigenvalue weighted by molar-refractivity contribution is 6.18. The van der Waals surface area contributed by atoms with Crippen molar-refractivity contribution < 1.29 is 5.11 Å². The summed E-state index contributed by atoms with van der Waals surface area (Å²) in [5.41, 5.74) is 1.55. The van der Waals surface area contributed by atoms with Crippen LogP contribution in [0, 0.1) is 6.92 Å². The highest BCUT2D eigenvalue weighted by Gasteiger charge is 2.06. The van der Waals surface area contributed by atoms with E-state index in [4.69, 9.17) is 11.8 Å². The molecule has 0 unspecified atom stereocenters. The van der Waals surface area contributed by atoms with Crippen molar-refractivity contribution in [2.45, 2.75) is 6.92 Å². The highest BCUT2D eigenvalue weighted by Crippen LogP contribution is 2.27. The van der Waals surface area contributed by atoms with Crippen LogP contribution in [-0.4, -0.2) is 14.4 Å². The predicted octanol–water partition coefficient (Wildman–Crippen LogP) is 2.05. The zero-order chi connectivity index (χ0) is 8.72. The number of hydrogen-bond donors (Lipinski definition) is 1. The van der Waals surface area contributed by atoms with Crippen LogP contribution in [0.1, 0.15) is 5.56 Å². The number of nitrogens with zero attached hydrogens (tertiary/aromatic N) is 2. The molecule has 0 saturated carbocycles.